The van der Waals surface area contributed by atoms with Crippen molar-refractivity contribution in [3.8, 4) is 5.75 Å². The van der Waals surface area contributed by atoms with Crippen LogP contribution in [0.4, 0.5) is 5.69 Å². The lowest BCUT2D eigenvalue weighted by molar-refractivity contribution is 0.102. The molecular weight excluding hydrogens is 274 g/mol. The van der Waals surface area contributed by atoms with Crippen LogP contribution in [0.1, 0.15) is 42.6 Å². The van der Waals surface area contributed by atoms with Crippen molar-refractivity contribution in [1.82, 2.24) is 0 Å². The zero-order valence-electron chi connectivity index (χ0n) is 13.3. The number of carbonyl (C=O) groups is 1. The van der Waals surface area contributed by atoms with Gasteiger partial charge in [0.2, 0.25) is 0 Å². The molecule has 0 bridgehead atoms. The van der Waals surface area contributed by atoms with E-state index in [1.807, 2.05) is 42.5 Å². The average molecular weight is 297 g/mol. The number of rotatable bonds is 7. The lowest BCUT2D eigenvalue weighted by Crippen LogP contribution is -2.14. The molecule has 1 N–H and O–H groups in total. The highest BCUT2D eigenvalue weighted by Crippen LogP contribution is 2.20. The van der Waals surface area contributed by atoms with Gasteiger partial charge < -0.3 is 10.1 Å². The maximum Gasteiger partial charge on any atom is 0.259 e. The molecule has 22 heavy (non-hydrogen) atoms. The highest BCUT2D eigenvalue weighted by Gasteiger charge is 2.12. The third-order valence-corrected chi connectivity index (χ3v) is 3.51. The van der Waals surface area contributed by atoms with Crippen LogP contribution in [0.5, 0.6) is 5.75 Å². The van der Waals surface area contributed by atoms with Crippen LogP contribution in [0.25, 0.3) is 0 Å². The summed E-state index contributed by atoms with van der Waals surface area (Å²) in [6, 6.07) is 15.3. The highest BCUT2D eigenvalue weighted by molar-refractivity contribution is 6.06. The number of carbonyl (C=O) groups excluding carboxylic acids is 1. The lowest BCUT2D eigenvalue weighted by atomic mass is 10.1. The van der Waals surface area contributed by atoms with E-state index in [0.29, 0.717) is 17.9 Å². The van der Waals surface area contributed by atoms with Crippen LogP contribution in [0, 0.1) is 0 Å². The van der Waals surface area contributed by atoms with Crippen LogP contribution in [0.2, 0.25) is 0 Å². The van der Waals surface area contributed by atoms with Crippen LogP contribution < -0.4 is 10.1 Å². The summed E-state index contributed by atoms with van der Waals surface area (Å²) in [7, 11) is 0. The summed E-state index contributed by atoms with van der Waals surface area (Å²) in [5, 5.41) is 2.92. The first-order chi connectivity index (χ1) is 10.7. The Morgan fingerprint density at radius 2 is 1.77 bits per heavy atom. The van der Waals surface area contributed by atoms with Gasteiger partial charge in [-0.1, -0.05) is 44.5 Å². The van der Waals surface area contributed by atoms with Crippen LogP contribution in [0.3, 0.4) is 0 Å². The van der Waals surface area contributed by atoms with Crippen molar-refractivity contribution in [2.45, 2.75) is 33.1 Å². The van der Waals surface area contributed by atoms with Gasteiger partial charge in [-0.2, -0.15) is 0 Å². The molecule has 0 saturated heterocycles. The van der Waals surface area contributed by atoms with E-state index in [9.17, 15) is 4.79 Å². The lowest BCUT2D eigenvalue weighted by Gasteiger charge is -2.11. The van der Waals surface area contributed by atoms with Gasteiger partial charge in [-0.05, 0) is 42.7 Å². The first-order valence-electron chi connectivity index (χ1n) is 7.86. The molecule has 0 spiro atoms. The molecule has 0 radical (unpaired) electrons. The smallest absolute Gasteiger partial charge is 0.259 e. The predicted octanol–water partition coefficient (Wildman–Crippen LogP) is 4.68. The van der Waals surface area contributed by atoms with E-state index in [4.69, 9.17) is 4.74 Å². The second kappa shape index (κ2) is 8.23. The Labute approximate surface area is 132 Å². The normalized spacial score (nSPS) is 10.3. The topological polar surface area (TPSA) is 38.3 Å². The zero-order chi connectivity index (χ0) is 15.8. The highest BCUT2D eigenvalue weighted by atomic mass is 16.5. The number of nitrogens with one attached hydrogen (secondary N) is 1. The molecule has 1 amide bonds. The maximum atomic E-state index is 12.4. The van der Waals surface area contributed by atoms with Crippen LogP contribution in [0.15, 0.2) is 48.5 Å². The number of benzene rings is 2. The fraction of sp³-hybridized carbons (Fsp3) is 0.316. The molecule has 0 aliphatic carbocycles. The minimum Gasteiger partial charge on any atom is -0.493 e. The standard InChI is InChI=1S/C19H23NO2/c1-3-5-14-22-18-9-7-6-8-17(18)19(21)20-16-12-10-15(4-2)11-13-16/h6-13H,3-5,14H2,1-2H3,(H,20,21). The number of ether oxygens (including phenoxy) is 1. The largest absolute Gasteiger partial charge is 0.493 e. The number of hydrogen-bond donors (Lipinski definition) is 1. The Balaban J connectivity index is 2.07. The molecule has 0 saturated carbocycles. The molecule has 2 aromatic rings. The molecule has 0 atom stereocenters. The van der Waals surface area contributed by atoms with E-state index in [1.165, 1.54) is 5.56 Å². The molecule has 0 heterocycles. The molecule has 3 nitrogen and oxygen atoms in total. The number of aryl methyl sites for hydroxylation is 1. The van der Waals surface area contributed by atoms with Crippen molar-refractivity contribution in [3.63, 3.8) is 0 Å². The van der Waals surface area contributed by atoms with E-state index in [0.717, 1.165) is 24.9 Å². The van der Waals surface area contributed by atoms with Gasteiger partial charge >= 0.3 is 0 Å². The van der Waals surface area contributed by atoms with E-state index in [2.05, 4.69) is 19.2 Å². The predicted molar refractivity (Wildman–Crippen MR) is 90.6 cm³/mol. The molecular formula is C19H23NO2. The molecule has 2 aromatic carbocycles. The summed E-state index contributed by atoms with van der Waals surface area (Å²) >= 11 is 0. The monoisotopic (exact) mass is 297 g/mol. The average Bonchev–Trinajstić information content (AvgIpc) is 2.56. The molecule has 0 unspecified atom stereocenters. The second-order valence-electron chi connectivity index (χ2n) is 5.20. The first kappa shape index (κ1) is 16.1. The molecule has 116 valence electrons. The fourth-order valence-electron chi connectivity index (χ4n) is 2.13. The number of hydrogen-bond acceptors (Lipinski definition) is 2. The number of anilines is 1. The summed E-state index contributed by atoms with van der Waals surface area (Å²) in [6.45, 7) is 4.85. The quantitative estimate of drug-likeness (QED) is 0.753. The first-order valence-corrected chi connectivity index (χ1v) is 7.86. The summed E-state index contributed by atoms with van der Waals surface area (Å²) in [5.74, 6) is 0.495. The van der Waals surface area contributed by atoms with Crippen molar-refractivity contribution in [2.75, 3.05) is 11.9 Å². The van der Waals surface area contributed by atoms with Crippen LogP contribution in [-0.4, -0.2) is 12.5 Å². The summed E-state index contributed by atoms with van der Waals surface area (Å²) in [6.07, 6.45) is 3.04. The zero-order valence-corrected chi connectivity index (χ0v) is 13.3. The number of unbranched alkanes of at least 4 members (excludes halogenated alkanes) is 1. The van der Waals surface area contributed by atoms with Gasteiger partial charge in [0.1, 0.15) is 5.75 Å². The minimum atomic E-state index is -0.142. The van der Waals surface area contributed by atoms with Crippen molar-refractivity contribution < 1.29 is 9.53 Å². The molecule has 3 heteroatoms. The van der Waals surface area contributed by atoms with E-state index in [-0.39, 0.29) is 5.91 Å². The van der Waals surface area contributed by atoms with E-state index < -0.39 is 0 Å². The third-order valence-electron chi connectivity index (χ3n) is 3.51. The van der Waals surface area contributed by atoms with Gasteiger partial charge in [0.05, 0.1) is 12.2 Å². The third kappa shape index (κ3) is 4.35. The SMILES string of the molecule is CCCCOc1ccccc1C(=O)Nc1ccc(CC)cc1. The summed E-state index contributed by atoms with van der Waals surface area (Å²) in [5.41, 5.74) is 2.62. The van der Waals surface area contributed by atoms with Crippen molar-refractivity contribution in [2.24, 2.45) is 0 Å². The van der Waals surface area contributed by atoms with Crippen LogP contribution >= 0.6 is 0 Å². The maximum absolute atomic E-state index is 12.4. The fourth-order valence-corrected chi connectivity index (χ4v) is 2.13. The minimum absolute atomic E-state index is 0.142. The number of para-hydroxylation sites is 1. The molecule has 0 fully saturated rings. The van der Waals surface area contributed by atoms with Gasteiger partial charge in [0.15, 0.2) is 0 Å². The van der Waals surface area contributed by atoms with Crippen molar-refractivity contribution in [1.29, 1.82) is 0 Å². The Kier molecular flexibility index (Phi) is 6.01. The van der Waals surface area contributed by atoms with Gasteiger partial charge in [0.25, 0.3) is 5.91 Å². The molecule has 0 aliphatic heterocycles. The van der Waals surface area contributed by atoms with Crippen molar-refractivity contribution >= 4 is 11.6 Å². The van der Waals surface area contributed by atoms with E-state index in [1.54, 1.807) is 6.07 Å². The van der Waals surface area contributed by atoms with Gasteiger partial charge in [-0.15, -0.1) is 0 Å². The molecule has 0 aromatic heterocycles. The summed E-state index contributed by atoms with van der Waals surface area (Å²) in [4.78, 5) is 12.4. The summed E-state index contributed by atoms with van der Waals surface area (Å²) < 4.78 is 5.71. The van der Waals surface area contributed by atoms with Crippen molar-refractivity contribution in [3.05, 3.63) is 59.7 Å². The Hall–Kier alpha value is -2.29. The van der Waals surface area contributed by atoms with Gasteiger partial charge in [-0.25, -0.2) is 0 Å². The Morgan fingerprint density at radius 3 is 2.45 bits per heavy atom. The van der Waals surface area contributed by atoms with Gasteiger partial charge in [-0.3, -0.25) is 4.79 Å². The molecule has 0 aliphatic rings. The number of amides is 1. The molecule has 2 rings (SSSR count). The Bertz CT molecular complexity index is 605. The van der Waals surface area contributed by atoms with Gasteiger partial charge in [0, 0.05) is 5.69 Å². The van der Waals surface area contributed by atoms with E-state index >= 15 is 0 Å². The van der Waals surface area contributed by atoms with Crippen LogP contribution in [-0.2, 0) is 6.42 Å². The second-order valence-corrected chi connectivity index (χ2v) is 5.20. The Morgan fingerprint density at radius 1 is 1.05 bits per heavy atom.